The van der Waals surface area contributed by atoms with Gasteiger partial charge in [-0.15, -0.1) is 0 Å². The van der Waals surface area contributed by atoms with Crippen molar-refractivity contribution in [3.63, 3.8) is 0 Å². The molecule has 7 heteroatoms. The number of ether oxygens (including phenoxy) is 2. The fraction of sp³-hybridized carbons (Fsp3) is 0.526. The molecule has 0 aliphatic carbocycles. The van der Waals surface area contributed by atoms with Gasteiger partial charge in [0.15, 0.2) is 5.17 Å². The Hall–Kier alpha value is -2.02. The third-order valence-electron chi connectivity index (χ3n) is 3.20. The van der Waals surface area contributed by atoms with Crippen molar-refractivity contribution in [1.29, 1.82) is 0 Å². The third kappa shape index (κ3) is 8.38. The smallest absolute Gasteiger partial charge is 0.435 e. The molecule has 0 aromatic heterocycles. The van der Waals surface area contributed by atoms with Crippen molar-refractivity contribution in [1.82, 2.24) is 5.43 Å². The number of hydrogen-bond donors (Lipinski definition) is 1. The van der Waals surface area contributed by atoms with E-state index < -0.39 is 6.16 Å². The fourth-order valence-corrected chi connectivity index (χ4v) is 2.52. The largest absolute Gasteiger partial charge is 0.509 e. The number of hydrazone groups is 1. The van der Waals surface area contributed by atoms with Gasteiger partial charge in [0, 0.05) is 6.21 Å². The summed E-state index contributed by atoms with van der Waals surface area (Å²) >= 11 is 1.25. The average molecular weight is 380 g/mol. The van der Waals surface area contributed by atoms with Gasteiger partial charge in [-0.1, -0.05) is 39.8 Å². The van der Waals surface area contributed by atoms with Crippen LogP contribution in [-0.4, -0.2) is 30.1 Å². The minimum Gasteiger partial charge on any atom is -0.435 e. The summed E-state index contributed by atoms with van der Waals surface area (Å²) < 4.78 is 9.77. The van der Waals surface area contributed by atoms with Crippen molar-refractivity contribution in [2.45, 2.75) is 47.5 Å². The van der Waals surface area contributed by atoms with Crippen LogP contribution in [0.3, 0.4) is 0 Å². The Bertz CT molecular complexity index is 643. The first-order valence-corrected chi connectivity index (χ1v) is 9.72. The average Bonchev–Trinajstić information content (AvgIpc) is 2.54. The van der Waals surface area contributed by atoms with E-state index in [0.29, 0.717) is 17.0 Å². The number of benzene rings is 1. The van der Waals surface area contributed by atoms with Crippen molar-refractivity contribution in [2.24, 2.45) is 16.0 Å². The Labute approximate surface area is 160 Å². The number of aryl methyl sites for hydroxylation is 1. The van der Waals surface area contributed by atoms with Crippen molar-refractivity contribution in [2.75, 3.05) is 12.5 Å². The summed E-state index contributed by atoms with van der Waals surface area (Å²) in [5.74, 6) is 0.746. The topological polar surface area (TPSA) is 72.3 Å². The molecule has 1 aromatic rings. The summed E-state index contributed by atoms with van der Waals surface area (Å²) in [5.41, 5.74) is 6.10. The van der Waals surface area contributed by atoms with E-state index in [9.17, 15) is 4.79 Å². The Morgan fingerprint density at radius 1 is 1.27 bits per heavy atom. The third-order valence-corrected chi connectivity index (χ3v) is 3.89. The van der Waals surface area contributed by atoms with Crippen LogP contribution < -0.4 is 5.43 Å². The Morgan fingerprint density at radius 3 is 2.62 bits per heavy atom. The van der Waals surface area contributed by atoms with E-state index in [4.69, 9.17) is 14.5 Å². The minimum absolute atomic E-state index is 0.0880. The van der Waals surface area contributed by atoms with Crippen molar-refractivity contribution >= 4 is 35.0 Å². The normalized spacial score (nSPS) is 12.1. The number of nitrogens with zero attached hydrogens (tertiary/aromatic N) is 2. The molecule has 1 N–H and O–H groups in total. The lowest BCUT2D eigenvalue weighted by atomic mass is 10.00. The van der Waals surface area contributed by atoms with Gasteiger partial charge < -0.3 is 9.47 Å². The molecule has 0 heterocycles. The first kappa shape index (κ1) is 22.0. The molecule has 0 aliphatic rings. The molecule has 1 rings (SSSR count). The summed E-state index contributed by atoms with van der Waals surface area (Å²) in [7, 11) is 0. The van der Waals surface area contributed by atoms with Crippen LogP contribution in [0.2, 0.25) is 0 Å². The second-order valence-corrected chi connectivity index (χ2v) is 7.27. The van der Waals surface area contributed by atoms with E-state index in [0.717, 1.165) is 16.8 Å². The van der Waals surface area contributed by atoms with Crippen LogP contribution in [0.15, 0.2) is 28.3 Å². The summed E-state index contributed by atoms with van der Waals surface area (Å²) in [6.07, 6.45) is 1.10. The quantitative estimate of drug-likeness (QED) is 0.232. The summed E-state index contributed by atoms with van der Waals surface area (Å²) in [5, 5.41) is 4.75. The Kier molecular flexibility index (Phi) is 9.80. The molecular weight excluding hydrogens is 350 g/mol. The molecule has 6 nitrogen and oxygen atoms in total. The predicted octanol–water partition coefficient (Wildman–Crippen LogP) is 5.20. The maximum atomic E-state index is 11.3. The molecule has 0 aliphatic heterocycles. The molecule has 0 radical (unpaired) electrons. The molecule has 0 unspecified atom stereocenters. The van der Waals surface area contributed by atoms with Gasteiger partial charge in [0.25, 0.3) is 0 Å². The number of thioether (sulfide) groups is 1. The van der Waals surface area contributed by atoms with E-state index >= 15 is 0 Å². The van der Waals surface area contributed by atoms with Gasteiger partial charge in [-0.05, 0) is 54.6 Å². The number of amidine groups is 1. The molecule has 144 valence electrons. The molecule has 0 spiro atoms. The standard InChI is InChI=1S/C19H29N3O3S/c1-7-24-19(23)25-12-26-18(22-20-11-13(2)3)21-17-10-15(6)8-9-16(17)14(4)5/h8-11,13-14H,7,12H2,1-6H3,(H,21,22)/b20-11+. The SMILES string of the molecule is CCOC(=O)OCSC(=Nc1cc(C)ccc1C(C)C)N/N=C/C(C)C. The van der Waals surface area contributed by atoms with Crippen LogP contribution >= 0.6 is 11.8 Å². The monoisotopic (exact) mass is 379 g/mol. The molecular formula is C19H29N3O3S. The zero-order valence-electron chi connectivity index (χ0n) is 16.4. The van der Waals surface area contributed by atoms with E-state index in [2.05, 4.69) is 36.5 Å². The first-order valence-electron chi connectivity index (χ1n) is 8.74. The molecule has 26 heavy (non-hydrogen) atoms. The number of rotatable bonds is 7. The molecule has 1 aromatic carbocycles. The van der Waals surface area contributed by atoms with Gasteiger partial charge >= 0.3 is 6.16 Å². The second-order valence-electron chi connectivity index (χ2n) is 6.36. The number of carbonyl (C=O) groups is 1. The van der Waals surface area contributed by atoms with Gasteiger partial charge in [0.05, 0.1) is 12.3 Å². The molecule has 0 bridgehead atoms. The first-order chi connectivity index (χ1) is 12.3. The van der Waals surface area contributed by atoms with Gasteiger partial charge in [-0.2, -0.15) is 5.10 Å². The zero-order chi connectivity index (χ0) is 19.5. The number of carbonyl (C=O) groups excluding carboxylic acids is 1. The van der Waals surface area contributed by atoms with Gasteiger partial charge in [-0.3, -0.25) is 5.43 Å². The van der Waals surface area contributed by atoms with Crippen LogP contribution in [0, 0.1) is 12.8 Å². The molecule has 0 saturated heterocycles. The lowest BCUT2D eigenvalue weighted by Crippen LogP contribution is -2.17. The highest BCUT2D eigenvalue weighted by atomic mass is 32.2. The lowest BCUT2D eigenvalue weighted by molar-refractivity contribution is 0.0731. The van der Waals surface area contributed by atoms with Crippen molar-refractivity contribution < 1.29 is 14.3 Å². The summed E-state index contributed by atoms with van der Waals surface area (Å²) in [6, 6.07) is 6.21. The van der Waals surface area contributed by atoms with Crippen LogP contribution in [-0.2, 0) is 9.47 Å². The van der Waals surface area contributed by atoms with Gasteiger partial charge in [-0.25, -0.2) is 9.79 Å². The predicted molar refractivity (Wildman–Crippen MR) is 109 cm³/mol. The maximum absolute atomic E-state index is 11.3. The number of hydrogen-bond acceptors (Lipinski definition) is 6. The van der Waals surface area contributed by atoms with Crippen LogP contribution in [0.1, 0.15) is 51.7 Å². The maximum Gasteiger partial charge on any atom is 0.509 e. The van der Waals surface area contributed by atoms with Crippen LogP contribution in [0.4, 0.5) is 10.5 Å². The number of aliphatic imine (C=N–C) groups is 1. The zero-order valence-corrected chi connectivity index (χ0v) is 17.2. The van der Waals surface area contributed by atoms with Crippen LogP contribution in [0.25, 0.3) is 0 Å². The highest BCUT2D eigenvalue weighted by Gasteiger charge is 2.10. The van der Waals surface area contributed by atoms with E-state index in [1.807, 2.05) is 26.8 Å². The van der Waals surface area contributed by atoms with Crippen LogP contribution in [0.5, 0.6) is 0 Å². The Morgan fingerprint density at radius 2 is 2.00 bits per heavy atom. The molecule has 0 atom stereocenters. The fourth-order valence-electron chi connectivity index (χ4n) is 1.97. The molecule has 0 amide bonds. The molecule has 0 fully saturated rings. The van der Waals surface area contributed by atoms with Gasteiger partial charge in [0.2, 0.25) is 0 Å². The second kappa shape index (κ2) is 11.6. The minimum atomic E-state index is -0.691. The van der Waals surface area contributed by atoms with E-state index in [1.165, 1.54) is 11.8 Å². The Balaban J connectivity index is 2.97. The van der Waals surface area contributed by atoms with Crippen molar-refractivity contribution in [3.8, 4) is 0 Å². The lowest BCUT2D eigenvalue weighted by Gasteiger charge is -2.12. The van der Waals surface area contributed by atoms with Gasteiger partial charge in [0.1, 0.15) is 5.94 Å². The highest BCUT2D eigenvalue weighted by molar-refractivity contribution is 8.13. The molecule has 0 saturated carbocycles. The summed E-state index contributed by atoms with van der Waals surface area (Å²) in [6.45, 7) is 12.4. The highest BCUT2D eigenvalue weighted by Crippen LogP contribution is 2.28. The van der Waals surface area contributed by atoms with E-state index in [-0.39, 0.29) is 12.5 Å². The van der Waals surface area contributed by atoms with E-state index in [1.54, 1.807) is 13.1 Å². The number of nitrogens with one attached hydrogen (secondary N) is 1. The summed E-state index contributed by atoms with van der Waals surface area (Å²) in [4.78, 5) is 16.0. The van der Waals surface area contributed by atoms with Crippen molar-refractivity contribution in [3.05, 3.63) is 29.3 Å².